The third kappa shape index (κ3) is 4.20. The van der Waals surface area contributed by atoms with E-state index >= 15 is 0 Å². The SMILES string of the molecule is CCN1CCC(CCN(C)C(C)=O)CC1. The first-order valence-electron chi connectivity index (χ1n) is 6.07. The van der Waals surface area contributed by atoms with Crippen LogP contribution >= 0.6 is 0 Å². The van der Waals surface area contributed by atoms with Crippen LogP contribution in [-0.2, 0) is 4.79 Å². The molecular weight excluding hydrogens is 188 g/mol. The van der Waals surface area contributed by atoms with E-state index in [-0.39, 0.29) is 5.91 Å². The van der Waals surface area contributed by atoms with Gasteiger partial charge in [-0.3, -0.25) is 4.79 Å². The molecule has 1 amide bonds. The molecule has 0 radical (unpaired) electrons. The van der Waals surface area contributed by atoms with Gasteiger partial charge in [0.1, 0.15) is 0 Å². The van der Waals surface area contributed by atoms with Crippen molar-refractivity contribution in [1.29, 1.82) is 0 Å². The van der Waals surface area contributed by atoms with Crippen LogP contribution in [0.2, 0.25) is 0 Å². The van der Waals surface area contributed by atoms with Gasteiger partial charge in [0.2, 0.25) is 5.91 Å². The number of amides is 1. The number of likely N-dealkylation sites (tertiary alicyclic amines) is 1. The lowest BCUT2D eigenvalue weighted by molar-refractivity contribution is -0.127. The summed E-state index contributed by atoms with van der Waals surface area (Å²) in [5.41, 5.74) is 0. The Morgan fingerprint density at radius 3 is 2.47 bits per heavy atom. The molecule has 0 N–H and O–H groups in total. The predicted octanol–water partition coefficient (Wildman–Crippen LogP) is 1.59. The third-order valence-electron chi connectivity index (χ3n) is 3.56. The Hall–Kier alpha value is -0.570. The van der Waals surface area contributed by atoms with E-state index in [1.807, 2.05) is 11.9 Å². The molecule has 0 aromatic heterocycles. The van der Waals surface area contributed by atoms with E-state index < -0.39 is 0 Å². The van der Waals surface area contributed by atoms with E-state index in [1.165, 1.54) is 38.9 Å². The largest absolute Gasteiger partial charge is 0.346 e. The first kappa shape index (κ1) is 12.5. The van der Waals surface area contributed by atoms with E-state index in [9.17, 15) is 4.79 Å². The van der Waals surface area contributed by atoms with Crippen molar-refractivity contribution in [2.24, 2.45) is 5.92 Å². The van der Waals surface area contributed by atoms with Crippen molar-refractivity contribution in [2.75, 3.05) is 33.2 Å². The van der Waals surface area contributed by atoms with Gasteiger partial charge in [0, 0.05) is 20.5 Å². The molecule has 0 bridgehead atoms. The molecule has 3 heteroatoms. The van der Waals surface area contributed by atoms with Crippen LogP contribution in [0, 0.1) is 5.92 Å². The Balaban J connectivity index is 2.16. The van der Waals surface area contributed by atoms with Gasteiger partial charge < -0.3 is 9.80 Å². The fourth-order valence-electron chi connectivity index (χ4n) is 2.13. The molecule has 0 saturated carbocycles. The van der Waals surface area contributed by atoms with E-state index in [1.54, 1.807) is 6.92 Å². The highest BCUT2D eigenvalue weighted by Crippen LogP contribution is 2.20. The molecule has 0 unspecified atom stereocenters. The molecular formula is C12H24N2O. The zero-order chi connectivity index (χ0) is 11.3. The van der Waals surface area contributed by atoms with Gasteiger partial charge in [-0.25, -0.2) is 0 Å². The summed E-state index contributed by atoms with van der Waals surface area (Å²) in [5, 5.41) is 0. The molecule has 15 heavy (non-hydrogen) atoms. The van der Waals surface area contributed by atoms with Crippen LogP contribution in [-0.4, -0.2) is 48.9 Å². The molecule has 0 aliphatic carbocycles. The molecule has 88 valence electrons. The van der Waals surface area contributed by atoms with Crippen molar-refractivity contribution in [2.45, 2.75) is 33.1 Å². The van der Waals surface area contributed by atoms with Crippen LogP contribution in [0.15, 0.2) is 0 Å². The van der Waals surface area contributed by atoms with Gasteiger partial charge in [0.05, 0.1) is 0 Å². The Kier molecular flexibility index (Phi) is 5.09. The minimum absolute atomic E-state index is 0.181. The monoisotopic (exact) mass is 212 g/mol. The first-order chi connectivity index (χ1) is 7.13. The van der Waals surface area contributed by atoms with Gasteiger partial charge in [-0.15, -0.1) is 0 Å². The normalized spacial score (nSPS) is 19.1. The number of hydrogen-bond acceptors (Lipinski definition) is 2. The fraction of sp³-hybridized carbons (Fsp3) is 0.917. The zero-order valence-electron chi connectivity index (χ0n) is 10.3. The van der Waals surface area contributed by atoms with E-state index in [0.29, 0.717) is 0 Å². The molecule has 3 nitrogen and oxygen atoms in total. The number of rotatable bonds is 4. The van der Waals surface area contributed by atoms with Crippen LogP contribution in [0.3, 0.4) is 0 Å². The molecule has 1 rings (SSSR count). The van der Waals surface area contributed by atoms with Crippen LogP contribution in [0.4, 0.5) is 0 Å². The fourth-order valence-corrected chi connectivity index (χ4v) is 2.13. The molecule has 1 fully saturated rings. The average molecular weight is 212 g/mol. The number of hydrogen-bond donors (Lipinski definition) is 0. The van der Waals surface area contributed by atoms with Crippen molar-refractivity contribution in [3.05, 3.63) is 0 Å². The van der Waals surface area contributed by atoms with Gasteiger partial charge in [0.25, 0.3) is 0 Å². The Labute approximate surface area is 93.4 Å². The summed E-state index contributed by atoms with van der Waals surface area (Å²) < 4.78 is 0. The summed E-state index contributed by atoms with van der Waals surface area (Å²) in [5.74, 6) is 1.01. The second-order valence-corrected chi connectivity index (χ2v) is 4.61. The Bertz CT molecular complexity index is 198. The molecule has 1 saturated heterocycles. The zero-order valence-corrected chi connectivity index (χ0v) is 10.3. The first-order valence-corrected chi connectivity index (χ1v) is 6.07. The Morgan fingerprint density at radius 1 is 1.40 bits per heavy atom. The smallest absolute Gasteiger partial charge is 0.219 e. The van der Waals surface area contributed by atoms with Crippen molar-refractivity contribution < 1.29 is 4.79 Å². The number of nitrogens with zero attached hydrogens (tertiary/aromatic N) is 2. The maximum absolute atomic E-state index is 11.0. The van der Waals surface area contributed by atoms with Crippen LogP contribution < -0.4 is 0 Å². The summed E-state index contributed by atoms with van der Waals surface area (Å²) >= 11 is 0. The summed E-state index contributed by atoms with van der Waals surface area (Å²) in [7, 11) is 1.89. The summed E-state index contributed by atoms with van der Waals surface area (Å²) in [4.78, 5) is 15.4. The molecule has 0 aromatic carbocycles. The molecule has 0 spiro atoms. The minimum Gasteiger partial charge on any atom is -0.346 e. The molecule has 1 heterocycles. The second-order valence-electron chi connectivity index (χ2n) is 4.61. The van der Waals surface area contributed by atoms with Crippen LogP contribution in [0.5, 0.6) is 0 Å². The highest BCUT2D eigenvalue weighted by Gasteiger charge is 2.18. The van der Waals surface area contributed by atoms with Gasteiger partial charge in [-0.1, -0.05) is 6.92 Å². The van der Waals surface area contributed by atoms with Gasteiger partial charge >= 0.3 is 0 Å². The summed E-state index contributed by atoms with van der Waals surface area (Å²) in [6.45, 7) is 8.45. The third-order valence-corrected chi connectivity index (χ3v) is 3.56. The lowest BCUT2D eigenvalue weighted by Crippen LogP contribution is -2.35. The highest BCUT2D eigenvalue weighted by molar-refractivity contribution is 5.72. The Morgan fingerprint density at radius 2 is 2.00 bits per heavy atom. The number of piperidine rings is 1. The lowest BCUT2D eigenvalue weighted by Gasteiger charge is -2.31. The average Bonchev–Trinajstić information content (AvgIpc) is 2.26. The van der Waals surface area contributed by atoms with E-state index in [2.05, 4.69) is 11.8 Å². The quantitative estimate of drug-likeness (QED) is 0.706. The number of carbonyl (C=O) groups excluding carboxylic acids is 1. The molecule has 1 aliphatic heterocycles. The van der Waals surface area contributed by atoms with Gasteiger partial charge in [-0.05, 0) is 44.8 Å². The van der Waals surface area contributed by atoms with E-state index in [4.69, 9.17) is 0 Å². The molecule has 1 aliphatic rings. The van der Waals surface area contributed by atoms with E-state index in [0.717, 1.165) is 12.5 Å². The minimum atomic E-state index is 0.181. The topological polar surface area (TPSA) is 23.6 Å². The van der Waals surface area contributed by atoms with Crippen LogP contribution in [0.1, 0.15) is 33.1 Å². The van der Waals surface area contributed by atoms with Gasteiger partial charge in [-0.2, -0.15) is 0 Å². The standard InChI is InChI=1S/C12H24N2O/c1-4-14-9-6-12(7-10-14)5-8-13(3)11(2)15/h12H,4-10H2,1-3H3. The maximum Gasteiger partial charge on any atom is 0.219 e. The number of carbonyl (C=O) groups is 1. The lowest BCUT2D eigenvalue weighted by atomic mass is 9.93. The summed E-state index contributed by atoms with van der Waals surface area (Å²) in [6.07, 6.45) is 3.78. The highest BCUT2D eigenvalue weighted by atomic mass is 16.2. The van der Waals surface area contributed by atoms with Crippen molar-refractivity contribution in [3.63, 3.8) is 0 Å². The van der Waals surface area contributed by atoms with Crippen LogP contribution in [0.25, 0.3) is 0 Å². The summed E-state index contributed by atoms with van der Waals surface area (Å²) in [6, 6.07) is 0. The van der Waals surface area contributed by atoms with Gasteiger partial charge in [0.15, 0.2) is 0 Å². The maximum atomic E-state index is 11.0. The van der Waals surface area contributed by atoms with Crippen molar-refractivity contribution in [1.82, 2.24) is 9.80 Å². The predicted molar refractivity (Wildman–Crippen MR) is 62.8 cm³/mol. The molecule has 0 aromatic rings. The molecule has 0 atom stereocenters. The van der Waals surface area contributed by atoms with Crippen molar-refractivity contribution >= 4 is 5.91 Å². The second kappa shape index (κ2) is 6.11. The van der Waals surface area contributed by atoms with Crippen molar-refractivity contribution in [3.8, 4) is 0 Å².